The Balaban J connectivity index is 1.73. The Labute approximate surface area is 176 Å². The number of furan rings is 1. The average molecular weight is 434 g/mol. The molecule has 152 valence electrons. The molecule has 3 N–H and O–H groups in total. The number of amides is 2. The first-order valence-electron chi connectivity index (χ1n) is 8.88. The molecule has 0 aliphatic rings. The topological polar surface area (TPSA) is 116 Å². The Hall–Kier alpha value is -2.78. The van der Waals surface area contributed by atoms with Gasteiger partial charge in [-0.3, -0.25) is 14.2 Å². The molecule has 0 aliphatic carbocycles. The lowest BCUT2D eigenvalue weighted by atomic mass is 10.3. The molecule has 2 amide bonds. The molecule has 1 aromatic carbocycles. The van der Waals surface area contributed by atoms with E-state index in [1.165, 1.54) is 11.8 Å². The number of nitrogens with two attached hydrogens (primary N) is 1. The Morgan fingerprint density at radius 2 is 2.03 bits per heavy atom. The Kier molecular flexibility index (Phi) is 6.95. The largest absolute Gasteiger partial charge is 0.467 e. The molecule has 0 fully saturated rings. The van der Waals surface area contributed by atoms with Gasteiger partial charge >= 0.3 is 0 Å². The van der Waals surface area contributed by atoms with Gasteiger partial charge in [0.05, 0.1) is 18.1 Å². The number of carbonyl (C=O) groups is 2. The number of anilines is 1. The maximum absolute atomic E-state index is 12.5. The van der Waals surface area contributed by atoms with Crippen LogP contribution in [0.3, 0.4) is 0 Å². The van der Waals surface area contributed by atoms with Gasteiger partial charge < -0.3 is 15.5 Å². The van der Waals surface area contributed by atoms with Crippen LogP contribution >= 0.6 is 23.4 Å². The minimum atomic E-state index is -0.436. The molecule has 0 saturated heterocycles. The van der Waals surface area contributed by atoms with Gasteiger partial charge in [0.2, 0.25) is 11.8 Å². The normalized spacial score (nSPS) is 11.9. The molecule has 0 bridgehead atoms. The number of carbonyl (C=O) groups excluding carboxylic acids is 2. The lowest BCUT2D eigenvalue weighted by Gasteiger charge is -2.13. The SMILES string of the molecule is CC(Sc1nnc(CCC(N)=O)n1Cc1ccco1)C(=O)Nc1ccc(Cl)cc1. The highest BCUT2D eigenvalue weighted by Gasteiger charge is 2.21. The van der Waals surface area contributed by atoms with E-state index in [0.29, 0.717) is 40.4 Å². The van der Waals surface area contributed by atoms with Gasteiger partial charge in [0.1, 0.15) is 11.6 Å². The quantitative estimate of drug-likeness (QED) is 0.501. The van der Waals surface area contributed by atoms with Gasteiger partial charge in [0, 0.05) is 23.6 Å². The fraction of sp³-hybridized carbons (Fsp3) is 0.263. The first kappa shape index (κ1) is 20.9. The minimum absolute atomic E-state index is 0.160. The van der Waals surface area contributed by atoms with Crippen LogP contribution in [-0.2, 0) is 22.6 Å². The Bertz CT molecular complexity index is 972. The molecule has 0 radical (unpaired) electrons. The highest BCUT2D eigenvalue weighted by molar-refractivity contribution is 8.00. The second-order valence-corrected chi connectivity index (χ2v) is 8.03. The molecule has 2 aromatic heterocycles. The van der Waals surface area contributed by atoms with Crippen molar-refractivity contribution in [2.45, 2.75) is 36.7 Å². The Morgan fingerprint density at radius 1 is 1.28 bits per heavy atom. The summed E-state index contributed by atoms with van der Waals surface area (Å²) in [5.41, 5.74) is 5.91. The van der Waals surface area contributed by atoms with Crippen molar-refractivity contribution in [1.82, 2.24) is 14.8 Å². The number of aryl methyl sites for hydroxylation is 1. The van der Waals surface area contributed by atoms with Crippen molar-refractivity contribution < 1.29 is 14.0 Å². The van der Waals surface area contributed by atoms with Crippen LogP contribution in [0, 0.1) is 0 Å². The number of rotatable bonds is 9. The molecular weight excluding hydrogens is 414 g/mol. The molecule has 10 heteroatoms. The van der Waals surface area contributed by atoms with Crippen molar-refractivity contribution in [3.05, 3.63) is 59.3 Å². The summed E-state index contributed by atoms with van der Waals surface area (Å²) in [6.07, 6.45) is 2.10. The van der Waals surface area contributed by atoms with Crippen molar-refractivity contribution in [1.29, 1.82) is 0 Å². The van der Waals surface area contributed by atoms with Crippen molar-refractivity contribution in [2.75, 3.05) is 5.32 Å². The highest BCUT2D eigenvalue weighted by Crippen LogP contribution is 2.25. The number of primary amides is 1. The summed E-state index contributed by atoms with van der Waals surface area (Å²) in [5.74, 6) is 0.726. The van der Waals surface area contributed by atoms with Crippen LogP contribution in [-0.4, -0.2) is 31.8 Å². The molecule has 1 atom stereocenters. The van der Waals surface area contributed by atoms with E-state index < -0.39 is 11.2 Å². The fourth-order valence-corrected chi connectivity index (χ4v) is 3.53. The van der Waals surface area contributed by atoms with Gasteiger partial charge in [0.15, 0.2) is 5.16 Å². The standard InChI is InChI=1S/C19H20ClN5O3S/c1-12(18(27)22-14-6-4-13(20)5-7-14)29-19-24-23-17(9-8-16(21)26)25(19)11-15-3-2-10-28-15/h2-7,10,12H,8-9,11H2,1H3,(H2,21,26)(H,22,27). The van der Waals surface area contributed by atoms with E-state index in [1.807, 2.05) is 10.6 Å². The van der Waals surface area contributed by atoms with Gasteiger partial charge in [-0.05, 0) is 43.3 Å². The summed E-state index contributed by atoms with van der Waals surface area (Å²) in [4.78, 5) is 23.7. The monoisotopic (exact) mass is 433 g/mol. The number of aromatic nitrogens is 3. The lowest BCUT2D eigenvalue weighted by molar-refractivity contribution is -0.118. The van der Waals surface area contributed by atoms with Crippen LogP contribution in [0.4, 0.5) is 5.69 Å². The van der Waals surface area contributed by atoms with Gasteiger partial charge in [-0.2, -0.15) is 0 Å². The third kappa shape index (κ3) is 5.85. The summed E-state index contributed by atoms with van der Waals surface area (Å²) in [7, 11) is 0. The maximum Gasteiger partial charge on any atom is 0.237 e. The van der Waals surface area contributed by atoms with Gasteiger partial charge in [-0.15, -0.1) is 10.2 Å². The number of benzene rings is 1. The van der Waals surface area contributed by atoms with E-state index in [2.05, 4.69) is 15.5 Å². The summed E-state index contributed by atoms with van der Waals surface area (Å²) in [5, 5.41) is 11.9. The van der Waals surface area contributed by atoms with Crippen molar-refractivity contribution in [2.24, 2.45) is 5.73 Å². The number of nitrogens with zero attached hydrogens (tertiary/aromatic N) is 3. The maximum atomic E-state index is 12.5. The van der Waals surface area contributed by atoms with Gasteiger partial charge in [-0.1, -0.05) is 23.4 Å². The summed E-state index contributed by atoms with van der Waals surface area (Å²) >= 11 is 7.14. The first-order valence-corrected chi connectivity index (χ1v) is 10.1. The number of thioether (sulfide) groups is 1. The van der Waals surface area contributed by atoms with Crippen LogP contribution in [0.15, 0.2) is 52.2 Å². The highest BCUT2D eigenvalue weighted by atomic mass is 35.5. The second kappa shape index (κ2) is 9.62. The molecule has 2 heterocycles. The molecule has 0 spiro atoms. The molecule has 0 saturated carbocycles. The lowest BCUT2D eigenvalue weighted by Crippen LogP contribution is -2.23. The molecule has 3 rings (SSSR count). The zero-order valence-electron chi connectivity index (χ0n) is 15.7. The van der Waals surface area contributed by atoms with Crippen LogP contribution in [0.1, 0.15) is 24.9 Å². The van der Waals surface area contributed by atoms with E-state index >= 15 is 0 Å². The molecule has 0 aliphatic heterocycles. The van der Waals surface area contributed by atoms with E-state index in [4.69, 9.17) is 21.8 Å². The van der Waals surface area contributed by atoms with Crippen LogP contribution in [0.25, 0.3) is 0 Å². The molecule has 8 nitrogen and oxygen atoms in total. The van der Waals surface area contributed by atoms with Crippen molar-refractivity contribution in [3.63, 3.8) is 0 Å². The van der Waals surface area contributed by atoms with Crippen LogP contribution < -0.4 is 11.1 Å². The smallest absolute Gasteiger partial charge is 0.237 e. The van der Waals surface area contributed by atoms with E-state index in [0.717, 1.165) is 0 Å². The molecule has 3 aromatic rings. The number of hydrogen-bond donors (Lipinski definition) is 2. The molecular formula is C19H20ClN5O3S. The average Bonchev–Trinajstić information content (AvgIpc) is 3.33. The second-order valence-electron chi connectivity index (χ2n) is 6.29. The number of hydrogen-bond acceptors (Lipinski definition) is 6. The third-order valence-electron chi connectivity index (χ3n) is 4.05. The van der Waals surface area contributed by atoms with Crippen molar-refractivity contribution in [3.8, 4) is 0 Å². The fourth-order valence-electron chi connectivity index (χ4n) is 2.53. The van der Waals surface area contributed by atoms with E-state index in [1.54, 1.807) is 43.5 Å². The predicted octanol–water partition coefficient (Wildman–Crippen LogP) is 3.11. The first-order chi connectivity index (χ1) is 13.9. The van der Waals surface area contributed by atoms with E-state index in [-0.39, 0.29) is 12.3 Å². The zero-order chi connectivity index (χ0) is 20.8. The Morgan fingerprint density at radius 3 is 2.69 bits per heavy atom. The molecule has 1 unspecified atom stereocenters. The molecule has 29 heavy (non-hydrogen) atoms. The van der Waals surface area contributed by atoms with Crippen LogP contribution in [0.5, 0.6) is 0 Å². The van der Waals surface area contributed by atoms with Crippen molar-refractivity contribution >= 4 is 40.9 Å². The summed E-state index contributed by atoms with van der Waals surface area (Å²) in [6.45, 7) is 2.17. The third-order valence-corrected chi connectivity index (χ3v) is 5.38. The summed E-state index contributed by atoms with van der Waals surface area (Å²) in [6, 6.07) is 10.5. The summed E-state index contributed by atoms with van der Waals surface area (Å²) < 4.78 is 7.25. The van der Waals surface area contributed by atoms with Gasteiger partial charge in [0.25, 0.3) is 0 Å². The van der Waals surface area contributed by atoms with E-state index in [9.17, 15) is 9.59 Å². The predicted molar refractivity (Wildman–Crippen MR) is 111 cm³/mol. The zero-order valence-corrected chi connectivity index (χ0v) is 17.2. The number of halogens is 1. The van der Waals surface area contributed by atoms with Crippen LogP contribution in [0.2, 0.25) is 5.02 Å². The number of nitrogens with one attached hydrogen (secondary N) is 1. The van der Waals surface area contributed by atoms with Gasteiger partial charge in [-0.25, -0.2) is 0 Å². The minimum Gasteiger partial charge on any atom is -0.467 e.